The molecule has 0 spiro atoms. The number of para-hydroxylation sites is 1. The molecule has 5 heteroatoms. The molecule has 3 rings (SSSR count). The standard InChI is InChI=1S/C17H15BrO4/c1-20-14-7-10(12(18)9-15(14)21-2)8-16-17(19)11-5-3-4-6-13(11)22-16/h3-9,17,19H,1-2H3/b16-8-/t17-/m1/s1. The lowest BCUT2D eigenvalue weighted by Gasteiger charge is -2.11. The van der Waals surface area contributed by atoms with Crippen molar-refractivity contribution < 1.29 is 19.3 Å². The minimum atomic E-state index is -0.767. The quantitative estimate of drug-likeness (QED) is 0.898. The average molecular weight is 363 g/mol. The lowest BCUT2D eigenvalue weighted by Crippen LogP contribution is -1.98. The second-order valence-corrected chi connectivity index (χ2v) is 5.67. The smallest absolute Gasteiger partial charge is 0.161 e. The molecule has 0 aliphatic carbocycles. The number of halogens is 1. The van der Waals surface area contributed by atoms with Crippen molar-refractivity contribution in [1.82, 2.24) is 0 Å². The molecular formula is C17H15BrO4. The van der Waals surface area contributed by atoms with E-state index in [9.17, 15) is 5.11 Å². The van der Waals surface area contributed by atoms with Crippen molar-refractivity contribution in [3.63, 3.8) is 0 Å². The van der Waals surface area contributed by atoms with Gasteiger partial charge in [0.2, 0.25) is 0 Å². The van der Waals surface area contributed by atoms with Crippen LogP contribution in [0.15, 0.2) is 46.6 Å². The highest BCUT2D eigenvalue weighted by atomic mass is 79.9. The van der Waals surface area contributed by atoms with Crippen LogP contribution in [0.1, 0.15) is 17.2 Å². The number of ether oxygens (including phenoxy) is 3. The Hall–Kier alpha value is -1.98. The number of hydrogen-bond donors (Lipinski definition) is 1. The van der Waals surface area contributed by atoms with Crippen molar-refractivity contribution >= 4 is 22.0 Å². The number of methoxy groups -OCH3 is 2. The summed E-state index contributed by atoms with van der Waals surface area (Å²) < 4.78 is 17.1. The molecule has 1 N–H and O–H groups in total. The molecular weight excluding hydrogens is 348 g/mol. The van der Waals surface area contributed by atoms with Crippen LogP contribution in [0.25, 0.3) is 6.08 Å². The van der Waals surface area contributed by atoms with Crippen LogP contribution in [0.3, 0.4) is 0 Å². The highest BCUT2D eigenvalue weighted by molar-refractivity contribution is 9.10. The van der Waals surface area contributed by atoms with Gasteiger partial charge in [-0.2, -0.15) is 0 Å². The third kappa shape index (κ3) is 2.58. The van der Waals surface area contributed by atoms with E-state index in [1.54, 1.807) is 20.3 Å². The molecule has 1 aliphatic rings. The van der Waals surface area contributed by atoms with E-state index in [0.29, 0.717) is 23.0 Å². The number of rotatable bonds is 3. The molecule has 0 aromatic heterocycles. The maximum Gasteiger partial charge on any atom is 0.161 e. The normalized spacial score (nSPS) is 18.0. The van der Waals surface area contributed by atoms with Crippen molar-refractivity contribution in [3.05, 3.63) is 57.8 Å². The summed E-state index contributed by atoms with van der Waals surface area (Å²) in [4.78, 5) is 0. The van der Waals surface area contributed by atoms with Crippen molar-refractivity contribution in [2.45, 2.75) is 6.10 Å². The molecule has 1 atom stereocenters. The molecule has 0 saturated carbocycles. The van der Waals surface area contributed by atoms with Crippen LogP contribution in [0.4, 0.5) is 0 Å². The first-order valence-corrected chi connectivity index (χ1v) is 7.51. The van der Waals surface area contributed by atoms with E-state index >= 15 is 0 Å². The second-order valence-electron chi connectivity index (χ2n) is 4.82. The zero-order valence-corrected chi connectivity index (χ0v) is 13.8. The SMILES string of the molecule is COc1cc(Br)c(/C=C2\Oc3ccccc3[C@H]2O)cc1OC. The van der Waals surface area contributed by atoms with Crippen LogP contribution < -0.4 is 14.2 Å². The van der Waals surface area contributed by atoms with Gasteiger partial charge in [-0.25, -0.2) is 0 Å². The van der Waals surface area contributed by atoms with E-state index < -0.39 is 6.10 Å². The lowest BCUT2D eigenvalue weighted by atomic mass is 10.1. The first-order chi connectivity index (χ1) is 10.6. The number of aliphatic hydroxyl groups excluding tert-OH is 1. The number of fused-ring (bicyclic) bond motifs is 1. The van der Waals surface area contributed by atoms with Gasteiger partial charge < -0.3 is 19.3 Å². The Bertz CT molecular complexity index is 739. The number of aliphatic hydroxyl groups is 1. The van der Waals surface area contributed by atoms with Gasteiger partial charge in [-0.05, 0) is 29.8 Å². The van der Waals surface area contributed by atoms with Gasteiger partial charge in [-0.3, -0.25) is 0 Å². The van der Waals surface area contributed by atoms with E-state index in [-0.39, 0.29) is 0 Å². The van der Waals surface area contributed by atoms with Crippen LogP contribution in [0, 0.1) is 0 Å². The van der Waals surface area contributed by atoms with Crippen LogP contribution in [-0.4, -0.2) is 19.3 Å². The third-order valence-electron chi connectivity index (χ3n) is 3.51. The van der Waals surface area contributed by atoms with Gasteiger partial charge in [-0.15, -0.1) is 0 Å². The fraction of sp³-hybridized carbons (Fsp3) is 0.176. The van der Waals surface area contributed by atoms with E-state index in [4.69, 9.17) is 14.2 Å². The molecule has 0 fully saturated rings. The fourth-order valence-corrected chi connectivity index (χ4v) is 2.81. The number of benzene rings is 2. The Kier molecular flexibility index (Phi) is 4.09. The monoisotopic (exact) mass is 362 g/mol. The van der Waals surface area contributed by atoms with E-state index in [0.717, 1.165) is 15.6 Å². The molecule has 0 amide bonds. The van der Waals surface area contributed by atoms with Gasteiger partial charge in [0, 0.05) is 10.0 Å². The molecule has 2 aromatic rings. The minimum Gasteiger partial charge on any atom is -0.493 e. The van der Waals surface area contributed by atoms with Crippen LogP contribution >= 0.6 is 15.9 Å². The minimum absolute atomic E-state index is 0.481. The predicted octanol–water partition coefficient (Wildman–Crippen LogP) is 3.93. The topological polar surface area (TPSA) is 47.9 Å². The summed E-state index contributed by atoms with van der Waals surface area (Å²) >= 11 is 3.50. The molecule has 0 saturated heterocycles. The first-order valence-electron chi connectivity index (χ1n) is 6.72. The van der Waals surface area contributed by atoms with Crippen molar-refractivity contribution in [3.8, 4) is 17.2 Å². The second kappa shape index (κ2) is 6.02. The Balaban J connectivity index is 2.00. The molecule has 0 radical (unpaired) electrons. The first kappa shape index (κ1) is 14.9. The van der Waals surface area contributed by atoms with Gasteiger partial charge in [0.05, 0.1) is 14.2 Å². The molecule has 0 unspecified atom stereocenters. The molecule has 114 valence electrons. The average Bonchev–Trinajstić information content (AvgIpc) is 2.85. The van der Waals surface area contributed by atoms with Crippen LogP contribution in [0.5, 0.6) is 17.2 Å². The highest BCUT2D eigenvalue weighted by Gasteiger charge is 2.27. The molecule has 4 nitrogen and oxygen atoms in total. The van der Waals surface area contributed by atoms with Crippen LogP contribution in [0.2, 0.25) is 0 Å². The van der Waals surface area contributed by atoms with Gasteiger partial charge in [0.1, 0.15) is 17.6 Å². The van der Waals surface area contributed by atoms with Gasteiger partial charge in [-0.1, -0.05) is 34.1 Å². The highest BCUT2D eigenvalue weighted by Crippen LogP contribution is 2.41. The summed E-state index contributed by atoms with van der Waals surface area (Å²) in [5.74, 6) is 2.40. The van der Waals surface area contributed by atoms with Gasteiger partial charge >= 0.3 is 0 Å². The maximum atomic E-state index is 10.4. The van der Waals surface area contributed by atoms with Crippen molar-refractivity contribution in [2.24, 2.45) is 0 Å². The maximum absolute atomic E-state index is 10.4. The molecule has 1 aliphatic heterocycles. The Morgan fingerprint density at radius 2 is 1.82 bits per heavy atom. The van der Waals surface area contributed by atoms with Crippen molar-refractivity contribution in [2.75, 3.05) is 14.2 Å². The summed E-state index contributed by atoms with van der Waals surface area (Å²) in [5, 5.41) is 10.4. The summed E-state index contributed by atoms with van der Waals surface area (Å²) in [6.07, 6.45) is 1.02. The van der Waals surface area contributed by atoms with Gasteiger partial charge in [0.25, 0.3) is 0 Å². The summed E-state index contributed by atoms with van der Waals surface area (Å²) in [5.41, 5.74) is 1.60. The van der Waals surface area contributed by atoms with Gasteiger partial charge in [0.15, 0.2) is 11.5 Å². The predicted molar refractivity (Wildman–Crippen MR) is 87.3 cm³/mol. The number of hydrogen-bond acceptors (Lipinski definition) is 4. The zero-order valence-electron chi connectivity index (χ0n) is 12.2. The van der Waals surface area contributed by atoms with Crippen LogP contribution in [-0.2, 0) is 0 Å². The summed E-state index contributed by atoms with van der Waals surface area (Å²) in [7, 11) is 3.17. The fourth-order valence-electron chi connectivity index (χ4n) is 2.38. The van der Waals surface area contributed by atoms with E-state index in [1.165, 1.54) is 0 Å². The van der Waals surface area contributed by atoms with Crippen molar-refractivity contribution in [1.29, 1.82) is 0 Å². The largest absolute Gasteiger partial charge is 0.493 e. The van der Waals surface area contributed by atoms with E-state index in [1.807, 2.05) is 36.4 Å². The molecule has 0 bridgehead atoms. The molecule has 2 aromatic carbocycles. The Morgan fingerprint density at radius 1 is 1.14 bits per heavy atom. The zero-order chi connectivity index (χ0) is 15.7. The van der Waals surface area contributed by atoms with E-state index in [2.05, 4.69) is 15.9 Å². The summed E-state index contributed by atoms with van der Waals surface area (Å²) in [6.45, 7) is 0. The summed E-state index contributed by atoms with van der Waals surface area (Å²) in [6, 6.07) is 11.1. The molecule has 22 heavy (non-hydrogen) atoms. The Morgan fingerprint density at radius 3 is 2.50 bits per heavy atom. The molecule has 1 heterocycles. The lowest BCUT2D eigenvalue weighted by molar-refractivity contribution is 0.193. The Labute approximate surface area is 137 Å². The third-order valence-corrected chi connectivity index (χ3v) is 4.20.